The molecular formula is C22H23N3O2. The average molecular weight is 361 g/mol. The Kier molecular flexibility index (Phi) is 5.87. The maximum absolute atomic E-state index is 12.5. The molecule has 2 aromatic rings. The minimum Gasteiger partial charge on any atom is -0.342 e. The van der Waals surface area contributed by atoms with Crippen LogP contribution in [-0.4, -0.2) is 29.8 Å². The van der Waals surface area contributed by atoms with Gasteiger partial charge in [0.15, 0.2) is 0 Å². The number of nitrogens with zero attached hydrogens (tertiary/aromatic N) is 2. The van der Waals surface area contributed by atoms with Crippen molar-refractivity contribution in [2.24, 2.45) is 5.92 Å². The lowest BCUT2D eigenvalue weighted by Gasteiger charge is -2.31. The van der Waals surface area contributed by atoms with E-state index < -0.39 is 0 Å². The number of benzene rings is 2. The lowest BCUT2D eigenvalue weighted by atomic mass is 9.95. The van der Waals surface area contributed by atoms with Gasteiger partial charge >= 0.3 is 0 Å². The molecule has 0 aromatic heterocycles. The van der Waals surface area contributed by atoms with E-state index in [2.05, 4.69) is 11.4 Å². The zero-order valence-corrected chi connectivity index (χ0v) is 15.4. The third kappa shape index (κ3) is 4.95. The molecule has 0 unspecified atom stereocenters. The number of hydrogen-bond donors (Lipinski definition) is 1. The number of anilines is 1. The van der Waals surface area contributed by atoms with Crippen LogP contribution in [0.15, 0.2) is 48.5 Å². The Hall–Kier alpha value is -3.13. The molecule has 5 heteroatoms. The molecule has 0 bridgehead atoms. The second-order valence-corrected chi connectivity index (χ2v) is 7.00. The zero-order chi connectivity index (χ0) is 19.2. The van der Waals surface area contributed by atoms with E-state index in [0.29, 0.717) is 43.6 Å². The lowest BCUT2D eigenvalue weighted by molar-refractivity contribution is -0.133. The Labute approximate surface area is 159 Å². The molecule has 0 saturated carbocycles. The average Bonchev–Trinajstić information content (AvgIpc) is 2.70. The fourth-order valence-corrected chi connectivity index (χ4v) is 3.26. The molecule has 3 rings (SSSR count). The summed E-state index contributed by atoms with van der Waals surface area (Å²) in [7, 11) is 0. The smallest absolute Gasteiger partial charge is 0.227 e. The normalized spacial score (nSPS) is 14.4. The van der Waals surface area contributed by atoms with E-state index in [1.165, 1.54) is 5.56 Å². The van der Waals surface area contributed by atoms with Crippen LogP contribution in [0.2, 0.25) is 0 Å². The number of carbonyl (C=O) groups excluding carboxylic acids is 2. The van der Waals surface area contributed by atoms with E-state index >= 15 is 0 Å². The van der Waals surface area contributed by atoms with Gasteiger partial charge in [-0.1, -0.05) is 29.8 Å². The highest BCUT2D eigenvalue weighted by molar-refractivity contribution is 5.92. The summed E-state index contributed by atoms with van der Waals surface area (Å²) in [5.74, 6) is -0.000729. The summed E-state index contributed by atoms with van der Waals surface area (Å²) >= 11 is 0. The van der Waals surface area contributed by atoms with Crippen LogP contribution in [0.25, 0.3) is 0 Å². The zero-order valence-electron chi connectivity index (χ0n) is 15.4. The first kappa shape index (κ1) is 18.7. The molecule has 2 amide bonds. The molecule has 0 spiro atoms. The Morgan fingerprint density at radius 3 is 2.30 bits per heavy atom. The van der Waals surface area contributed by atoms with Crippen molar-refractivity contribution in [3.05, 3.63) is 65.2 Å². The number of amides is 2. The number of likely N-dealkylation sites (tertiary alicyclic amines) is 1. The summed E-state index contributed by atoms with van der Waals surface area (Å²) in [6, 6.07) is 16.9. The van der Waals surface area contributed by atoms with Gasteiger partial charge < -0.3 is 10.2 Å². The molecule has 0 aliphatic carbocycles. The molecule has 1 aliphatic rings. The maximum Gasteiger partial charge on any atom is 0.227 e. The third-order valence-electron chi connectivity index (χ3n) is 4.98. The van der Waals surface area contributed by atoms with Crippen LogP contribution in [0, 0.1) is 24.2 Å². The van der Waals surface area contributed by atoms with Crippen molar-refractivity contribution in [3.8, 4) is 6.07 Å². The van der Waals surface area contributed by atoms with Crippen LogP contribution in [0.5, 0.6) is 0 Å². The molecule has 1 N–H and O–H groups in total. The Balaban J connectivity index is 1.48. The molecule has 1 aliphatic heterocycles. The van der Waals surface area contributed by atoms with E-state index in [4.69, 9.17) is 5.26 Å². The van der Waals surface area contributed by atoms with Crippen molar-refractivity contribution in [3.63, 3.8) is 0 Å². The first-order valence-corrected chi connectivity index (χ1v) is 9.19. The summed E-state index contributed by atoms with van der Waals surface area (Å²) in [5, 5.41) is 11.7. The molecule has 1 fully saturated rings. The predicted molar refractivity (Wildman–Crippen MR) is 104 cm³/mol. The summed E-state index contributed by atoms with van der Waals surface area (Å²) in [5.41, 5.74) is 3.46. The highest BCUT2D eigenvalue weighted by atomic mass is 16.2. The summed E-state index contributed by atoms with van der Waals surface area (Å²) in [6.45, 7) is 3.24. The van der Waals surface area contributed by atoms with Crippen molar-refractivity contribution in [2.45, 2.75) is 26.2 Å². The molecule has 27 heavy (non-hydrogen) atoms. The van der Waals surface area contributed by atoms with Crippen LogP contribution < -0.4 is 5.32 Å². The van der Waals surface area contributed by atoms with E-state index in [-0.39, 0.29) is 17.7 Å². The third-order valence-corrected chi connectivity index (χ3v) is 4.98. The number of aryl methyl sites for hydroxylation is 1. The van der Waals surface area contributed by atoms with Crippen LogP contribution >= 0.6 is 0 Å². The van der Waals surface area contributed by atoms with Crippen LogP contribution in [0.1, 0.15) is 29.5 Å². The summed E-state index contributed by atoms with van der Waals surface area (Å²) in [6.07, 6.45) is 1.74. The van der Waals surface area contributed by atoms with Crippen LogP contribution in [0.3, 0.4) is 0 Å². The quantitative estimate of drug-likeness (QED) is 0.908. The van der Waals surface area contributed by atoms with Crippen molar-refractivity contribution >= 4 is 17.5 Å². The van der Waals surface area contributed by atoms with E-state index in [1.54, 1.807) is 24.3 Å². The fourth-order valence-electron chi connectivity index (χ4n) is 3.26. The molecule has 138 valence electrons. The monoisotopic (exact) mass is 361 g/mol. The number of piperidine rings is 1. The molecule has 0 radical (unpaired) electrons. The second kappa shape index (κ2) is 8.50. The van der Waals surface area contributed by atoms with Gasteiger partial charge in [-0.2, -0.15) is 5.26 Å². The Morgan fingerprint density at radius 2 is 1.70 bits per heavy atom. The minimum absolute atomic E-state index is 0.0228. The van der Waals surface area contributed by atoms with Crippen LogP contribution in [-0.2, 0) is 16.0 Å². The topological polar surface area (TPSA) is 73.2 Å². The van der Waals surface area contributed by atoms with E-state index in [0.717, 1.165) is 5.56 Å². The van der Waals surface area contributed by atoms with Crippen LogP contribution in [0.4, 0.5) is 5.69 Å². The summed E-state index contributed by atoms with van der Waals surface area (Å²) in [4.78, 5) is 26.8. The van der Waals surface area contributed by atoms with Gasteiger partial charge in [0.25, 0.3) is 0 Å². The largest absolute Gasteiger partial charge is 0.342 e. The standard InChI is InChI=1S/C22H23N3O2/c1-16-2-4-17(5-3-16)14-21(26)25-12-10-19(11-13-25)22(27)24-20-8-6-18(15-23)7-9-20/h2-9,19H,10-14H2,1H3,(H,24,27). The second-order valence-electron chi connectivity index (χ2n) is 7.00. The Morgan fingerprint density at radius 1 is 1.07 bits per heavy atom. The molecule has 1 saturated heterocycles. The highest BCUT2D eigenvalue weighted by Gasteiger charge is 2.27. The van der Waals surface area contributed by atoms with Crippen molar-refractivity contribution in [1.82, 2.24) is 4.90 Å². The van der Waals surface area contributed by atoms with Crippen molar-refractivity contribution in [2.75, 3.05) is 18.4 Å². The van der Waals surface area contributed by atoms with Gasteiger partial charge in [-0.3, -0.25) is 9.59 Å². The predicted octanol–water partition coefficient (Wildman–Crippen LogP) is 3.29. The Bertz CT molecular complexity index is 843. The number of nitriles is 1. The number of rotatable bonds is 4. The van der Waals surface area contributed by atoms with E-state index in [1.807, 2.05) is 36.1 Å². The number of carbonyl (C=O) groups is 2. The van der Waals surface area contributed by atoms with Gasteiger partial charge in [0.2, 0.25) is 11.8 Å². The molecule has 0 atom stereocenters. The molecule has 1 heterocycles. The minimum atomic E-state index is -0.0935. The maximum atomic E-state index is 12.5. The van der Waals surface area contributed by atoms with Gasteiger partial charge in [-0.05, 0) is 49.6 Å². The molecule has 5 nitrogen and oxygen atoms in total. The van der Waals surface area contributed by atoms with Crippen molar-refractivity contribution < 1.29 is 9.59 Å². The van der Waals surface area contributed by atoms with Gasteiger partial charge in [0, 0.05) is 24.7 Å². The first-order valence-electron chi connectivity index (χ1n) is 9.19. The fraction of sp³-hybridized carbons (Fsp3) is 0.318. The number of hydrogen-bond acceptors (Lipinski definition) is 3. The first-order chi connectivity index (χ1) is 13.0. The van der Waals surface area contributed by atoms with Gasteiger partial charge in [0.05, 0.1) is 18.1 Å². The SMILES string of the molecule is Cc1ccc(CC(=O)N2CCC(C(=O)Nc3ccc(C#N)cc3)CC2)cc1. The molecule has 2 aromatic carbocycles. The van der Waals surface area contributed by atoms with E-state index in [9.17, 15) is 9.59 Å². The van der Waals surface area contributed by atoms with Crippen molar-refractivity contribution in [1.29, 1.82) is 5.26 Å². The summed E-state index contributed by atoms with van der Waals surface area (Å²) < 4.78 is 0. The van der Waals surface area contributed by atoms with Gasteiger partial charge in [-0.15, -0.1) is 0 Å². The number of nitrogens with one attached hydrogen (secondary N) is 1. The lowest BCUT2D eigenvalue weighted by Crippen LogP contribution is -2.42. The molecular weight excluding hydrogens is 338 g/mol. The van der Waals surface area contributed by atoms with Gasteiger partial charge in [0.1, 0.15) is 0 Å². The van der Waals surface area contributed by atoms with Gasteiger partial charge in [-0.25, -0.2) is 0 Å². The highest BCUT2D eigenvalue weighted by Crippen LogP contribution is 2.20.